The van der Waals surface area contributed by atoms with Crippen LogP contribution in [0.15, 0.2) is 35.0 Å². The summed E-state index contributed by atoms with van der Waals surface area (Å²) in [6.07, 6.45) is 12.4. The van der Waals surface area contributed by atoms with Gasteiger partial charge in [0, 0.05) is 12.8 Å². The van der Waals surface area contributed by atoms with Crippen molar-refractivity contribution in [3.63, 3.8) is 0 Å². The SMILES string of the molecule is CC(C)/C=C(CCC1CCC(C)CC1)\C(F)=C(\F)CC1=C[CH]1.CC(C)C. The maximum atomic E-state index is 14.4. The zero-order chi connectivity index (χ0) is 19.7. The molecule has 1 saturated carbocycles. The number of hydrogen-bond donors (Lipinski definition) is 0. The van der Waals surface area contributed by atoms with E-state index in [4.69, 9.17) is 0 Å². The quantitative estimate of drug-likeness (QED) is 0.396. The van der Waals surface area contributed by atoms with E-state index in [0.717, 1.165) is 23.8 Å². The smallest absolute Gasteiger partial charge is 0.157 e. The van der Waals surface area contributed by atoms with Crippen LogP contribution in [0.3, 0.4) is 0 Å². The summed E-state index contributed by atoms with van der Waals surface area (Å²) in [6, 6.07) is 0. The van der Waals surface area contributed by atoms with Crippen LogP contribution in [0, 0.1) is 30.1 Å². The topological polar surface area (TPSA) is 0 Å². The van der Waals surface area contributed by atoms with Gasteiger partial charge in [-0.3, -0.25) is 0 Å². The van der Waals surface area contributed by atoms with Crippen LogP contribution in [-0.2, 0) is 0 Å². The Morgan fingerprint density at radius 1 is 1.08 bits per heavy atom. The number of allylic oxidation sites excluding steroid dienone is 6. The maximum Gasteiger partial charge on any atom is 0.157 e. The van der Waals surface area contributed by atoms with Crippen LogP contribution in [0.2, 0.25) is 0 Å². The van der Waals surface area contributed by atoms with Gasteiger partial charge in [-0.15, -0.1) is 0 Å². The van der Waals surface area contributed by atoms with Crippen LogP contribution < -0.4 is 0 Å². The first-order valence-corrected chi connectivity index (χ1v) is 10.5. The predicted octanol–water partition coefficient (Wildman–Crippen LogP) is 8.52. The molecule has 0 amide bonds. The average molecular weight is 366 g/mol. The van der Waals surface area contributed by atoms with Gasteiger partial charge in [-0.05, 0) is 42.1 Å². The number of hydrogen-bond acceptors (Lipinski definition) is 0. The summed E-state index contributed by atoms with van der Waals surface area (Å²) >= 11 is 0. The summed E-state index contributed by atoms with van der Waals surface area (Å²) in [5, 5.41) is 0. The Morgan fingerprint density at radius 2 is 1.62 bits per heavy atom. The van der Waals surface area contributed by atoms with Crippen molar-refractivity contribution in [3.05, 3.63) is 41.4 Å². The van der Waals surface area contributed by atoms with E-state index < -0.39 is 11.7 Å². The molecule has 1 fully saturated rings. The Bertz CT molecular complexity index is 498. The second-order valence-corrected chi connectivity index (χ2v) is 9.14. The molecule has 0 N–H and O–H groups in total. The van der Waals surface area contributed by atoms with Crippen molar-refractivity contribution in [2.24, 2.45) is 23.7 Å². The zero-order valence-electron chi connectivity index (χ0n) is 17.7. The molecule has 0 aromatic carbocycles. The van der Waals surface area contributed by atoms with Gasteiger partial charge < -0.3 is 0 Å². The normalized spacial score (nSPS) is 24.1. The lowest BCUT2D eigenvalue weighted by molar-refractivity contribution is 0.277. The Balaban J connectivity index is 0.000000765. The minimum Gasteiger partial charge on any atom is -0.208 e. The van der Waals surface area contributed by atoms with E-state index in [9.17, 15) is 8.78 Å². The van der Waals surface area contributed by atoms with Crippen LogP contribution in [0.25, 0.3) is 0 Å². The van der Waals surface area contributed by atoms with Gasteiger partial charge in [0.2, 0.25) is 0 Å². The van der Waals surface area contributed by atoms with E-state index in [0.29, 0.717) is 17.9 Å². The molecule has 0 aromatic rings. The first kappa shape index (κ1) is 23.1. The lowest BCUT2D eigenvalue weighted by Gasteiger charge is -2.26. The summed E-state index contributed by atoms with van der Waals surface area (Å²) < 4.78 is 28.4. The molecule has 2 aliphatic rings. The molecule has 0 heterocycles. The lowest BCUT2D eigenvalue weighted by atomic mass is 9.80. The van der Waals surface area contributed by atoms with Crippen LogP contribution in [0.4, 0.5) is 8.78 Å². The van der Waals surface area contributed by atoms with Gasteiger partial charge in [-0.1, -0.05) is 85.0 Å². The first-order valence-electron chi connectivity index (χ1n) is 10.5. The van der Waals surface area contributed by atoms with Crippen LogP contribution >= 0.6 is 0 Å². The maximum absolute atomic E-state index is 14.4. The molecule has 2 heteroatoms. The van der Waals surface area contributed by atoms with E-state index in [1.165, 1.54) is 25.7 Å². The number of halogens is 2. The first-order chi connectivity index (χ1) is 12.2. The average Bonchev–Trinajstić information content (AvgIpc) is 3.35. The highest BCUT2D eigenvalue weighted by atomic mass is 19.2. The molecular weight excluding hydrogens is 326 g/mol. The number of rotatable bonds is 7. The third-order valence-electron chi connectivity index (χ3n) is 4.77. The van der Waals surface area contributed by atoms with E-state index >= 15 is 0 Å². The van der Waals surface area contributed by atoms with Crippen molar-refractivity contribution < 1.29 is 8.78 Å². The van der Waals surface area contributed by atoms with E-state index in [1.807, 2.05) is 32.4 Å². The second kappa shape index (κ2) is 11.7. The summed E-state index contributed by atoms with van der Waals surface area (Å²) in [6.45, 7) is 12.8. The van der Waals surface area contributed by atoms with E-state index in [1.54, 1.807) is 0 Å². The molecule has 26 heavy (non-hydrogen) atoms. The Hall–Kier alpha value is -0.920. The highest BCUT2D eigenvalue weighted by Crippen LogP contribution is 2.35. The molecular formula is C24H39F2. The van der Waals surface area contributed by atoms with Gasteiger partial charge in [0.05, 0.1) is 0 Å². The van der Waals surface area contributed by atoms with Crippen molar-refractivity contribution in [2.75, 3.05) is 0 Å². The zero-order valence-corrected chi connectivity index (χ0v) is 17.7. The highest BCUT2D eigenvalue weighted by molar-refractivity contribution is 5.42. The van der Waals surface area contributed by atoms with Gasteiger partial charge in [-0.25, -0.2) is 8.78 Å². The van der Waals surface area contributed by atoms with Crippen molar-refractivity contribution in [2.45, 2.75) is 86.5 Å². The Labute approximate surface area is 160 Å². The van der Waals surface area contributed by atoms with Crippen LogP contribution in [0.1, 0.15) is 86.5 Å². The fraction of sp³-hybridized carbons (Fsp3) is 0.708. The minimum absolute atomic E-state index is 0.113. The molecule has 0 spiro atoms. The largest absolute Gasteiger partial charge is 0.208 e. The molecule has 149 valence electrons. The standard InChI is InChI=1S/C20H29F2.C4H10/c1-14(2)12-18(20(22)19(21)13-17-8-9-17)11-10-16-6-4-15(3)5-7-16;1-4(2)3/h8-9,12,14-16H,4-7,10-11,13H2,1-3H3;4H,1-3H3/b18-12-,20-19-;. The van der Waals surface area contributed by atoms with Crippen molar-refractivity contribution in [3.8, 4) is 0 Å². The van der Waals surface area contributed by atoms with Crippen molar-refractivity contribution in [1.82, 2.24) is 0 Å². The summed E-state index contributed by atoms with van der Waals surface area (Å²) in [5.74, 6) is 1.37. The molecule has 2 rings (SSSR count). The van der Waals surface area contributed by atoms with E-state index in [2.05, 4.69) is 27.7 Å². The van der Waals surface area contributed by atoms with Gasteiger partial charge in [-0.2, -0.15) is 0 Å². The monoisotopic (exact) mass is 365 g/mol. The minimum atomic E-state index is -0.612. The molecule has 0 atom stereocenters. The summed E-state index contributed by atoms with van der Waals surface area (Å²) in [7, 11) is 0. The molecule has 0 nitrogen and oxygen atoms in total. The van der Waals surface area contributed by atoms with Crippen molar-refractivity contribution in [1.29, 1.82) is 0 Å². The summed E-state index contributed by atoms with van der Waals surface area (Å²) in [5.41, 5.74) is 1.48. The Kier molecular flexibility index (Phi) is 10.4. The predicted molar refractivity (Wildman–Crippen MR) is 110 cm³/mol. The molecule has 0 unspecified atom stereocenters. The van der Waals surface area contributed by atoms with Crippen LogP contribution in [0.5, 0.6) is 0 Å². The second-order valence-electron chi connectivity index (χ2n) is 9.14. The fourth-order valence-corrected chi connectivity index (χ4v) is 3.25. The third kappa shape index (κ3) is 10.3. The summed E-state index contributed by atoms with van der Waals surface area (Å²) in [4.78, 5) is 0. The molecule has 0 saturated heterocycles. The van der Waals surface area contributed by atoms with Gasteiger partial charge in [0.1, 0.15) is 5.83 Å². The van der Waals surface area contributed by atoms with Gasteiger partial charge >= 0.3 is 0 Å². The molecule has 0 aliphatic heterocycles. The van der Waals surface area contributed by atoms with Gasteiger partial charge in [0.15, 0.2) is 5.83 Å². The molecule has 1 radical (unpaired) electrons. The fourth-order valence-electron chi connectivity index (χ4n) is 3.25. The molecule has 2 aliphatic carbocycles. The highest BCUT2D eigenvalue weighted by Gasteiger charge is 2.21. The molecule has 0 aromatic heterocycles. The Morgan fingerprint density at radius 3 is 2.08 bits per heavy atom. The molecule has 0 bridgehead atoms. The van der Waals surface area contributed by atoms with Crippen LogP contribution in [-0.4, -0.2) is 0 Å². The van der Waals surface area contributed by atoms with Crippen molar-refractivity contribution >= 4 is 0 Å². The lowest BCUT2D eigenvalue weighted by Crippen LogP contribution is -2.12. The van der Waals surface area contributed by atoms with E-state index in [-0.39, 0.29) is 12.3 Å². The third-order valence-corrected chi connectivity index (χ3v) is 4.77. The van der Waals surface area contributed by atoms with Gasteiger partial charge in [0.25, 0.3) is 0 Å².